The molecule has 3 aromatic rings. The summed E-state index contributed by atoms with van der Waals surface area (Å²) in [4.78, 5) is 19.6. The summed E-state index contributed by atoms with van der Waals surface area (Å²) in [6, 6.07) is 10.6. The summed E-state index contributed by atoms with van der Waals surface area (Å²) >= 11 is 14.0. The molecule has 1 aliphatic rings. The molecule has 8 heteroatoms. The van der Waals surface area contributed by atoms with Crippen LogP contribution in [0.3, 0.4) is 0 Å². The summed E-state index contributed by atoms with van der Waals surface area (Å²) in [6.45, 7) is 6.90. The Morgan fingerprint density at radius 1 is 1.26 bits per heavy atom. The van der Waals surface area contributed by atoms with Crippen molar-refractivity contribution in [2.24, 2.45) is 16.3 Å². The van der Waals surface area contributed by atoms with Gasteiger partial charge in [0.25, 0.3) is 5.91 Å². The zero-order chi connectivity index (χ0) is 27.4. The van der Waals surface area contributed by atoms with Crippen LogP contribution in [0.2, 0.25) is 10.0 Å². The van der Waals surface area contributed by atoms with Gasteiger partial charge in [0.15, 0.2) is 11.5 Å². The zero-order valence-electron chi connectivity index (χ0n) is 21.9. The first-order chi connectivity index (χ1) is 18.1. The molecule has 1 aromatic heterocycles. The maximum Gasteiger partial charge on any atom is 0.259 e. The average molecular weight is 570 g/mol. The minimum absolute atomic E-state index is 0.0753. The van der Waals surface area contributed by atoms with E-state index in [1.54, 1.807) is 53.9 Å². The maximum atomic E-state index is 13.6. The van der Waals surface area contributed by atoms with Gasteiger partial charge in [-0.05, 0) is 78.1 Å². The van der Waals surface area contributed by atoms with Crippen LogP contribution < -0.4 is 14.8 Å². The number of nitrogens with zero attached hydrogens (tertiary/aromatic N) is 1. The molecule has 0 radical (unpaired) electrons. The number of hydrogen-bond acceptors (Lipinski definition) is 5. The van der Waals surface area contributed by atoms with Gasteiger partial charge in [-0.2, -0.15) is 0 Å². The number of hydrogen-bond donors (Lipinski definition) is 1. The van der Waals surface area contributed by atoms with E-state index in [9.17, 15) is 4.79 Å². The summed E-state index contributed by atoms with van der Waals surface area (Å²) in [5.74, 6) is 3.61. The number of ether oxygens (including phenoxy) is 2. The Morgan fingerprint density at radius 2 is 2.00 bits per heavy atom. The second kappa shape index (κ2) is 11.8. The Balaban J connectivity index is 1.70. The number of aliphatic imine (C=N–C) groups is 1. The minimum atomic E-state index is -0.181. The van der Waals surface area contributed by atoms with Crippen molar-refractivity contribution in [3.8, 4) is 23.8 Å². The molecule has 0 bridgehead atoms. The lowest BCUT2D eigenvalue weighted by molar-refractivity contribution is 0.102. The molecule has 4 rings (SSSR count). The van der Waals surface area contributed by atoms with Gasteiger partial charge in [0, 0.05) is 21.8 Å². The van der Waals surface area contributed by atoms with Crippen molar-refractivity contribution >= 4 is 57.3 Å². The molecule has 38 heavy (non-hydrogen) atoms. The number of methoxy groups -OCH3 is 1. The molecule has 0 spiro atoms. The second-order valence-electron chi connectivity index (χ2n) is 10.2. The minimum Gasteiger partial charge on any atom is -0.493 e. The largest absolute Gasteiger partial charge is 0.493 e. The molecule has 1 amide bonds. The first kappa shape index (κ1) is 28.0. The number of anilines is 1. The van der Waals surface area contributed by atoms with Gasteiger partial charge >= 0.3 is 0 Å². The van der Waals surface area contributed by atoms with Crippen molar-refractivity contribution in [3.05, 3.63) is 68.0 Å². The maximum absolute atomic E-state index is 13.6. The SMILES string of the molecule is C#CCOc1c(Cl)cc(C=Nc2sc3c(c2C(=O)Nc2ccc(Cl)cc2)CC[C@H](C(C)(C)C)C3)cc1OC. The molecule has 0 aliphatic heterocycles. The van der Waals surface area contributed by atoms with Crippen LogP contribution in [0.25, 0.3) is 0 Å². The molecule has 1 heterocycles. The lowest BCUT2D eigenvalue weighted by atomic mass is 9.72. The van der Waals surface area contributed by atoms with Crippen LogP contribution in [0.1, 0.15) is 53.6 Å². The molecule has 0 unspecified atom stereocenters. The van der Waals surface area contributed by atoms with E-state index in [1.807, 2.05) is 0 Å². The number of fused-ring (bicyclic) bond motifs is 1. The molecular formula is C30H30Cl2N2O3S. The average Bonchev–Trinajstić information content (AvgIpc) is 3.25. The molecule has 0 fully saturated rings. The fourth-order valence-electron chi connectivity index (χ4n) is 4.56. The van der Waals surface area contributed by atoms with Crippen molar-refractivity contribution in [1.29, 1.82) is 0 Å². The monoisotopic (exact) mass is 568 g/mol. The molecule has 1 N–H and O–H groups in total. The summed E-state index contributed by atoms with van der Waals surface area (Å²) < 4.78 is 11.0. The number of thiophene rings is 1. The highest BCUT2D eigenvalue weighted by molar-refractivity contribution is 7.16. The molecule has 5 nitrogen and oxygen atoms in total. The zero-order valence-corrected chi connectivity index (χ0v) is 24.2. The van der Waals surface area contributed by atoms with E-state index in [-0.39, 0.29) is 17.9 Å². The van der Waals surface area contributed by atoms with Gasteiger partial charge in [-0.1, -0.05) is 49.9 Å². The fraction of sp³-hybridized carbons (Fsp3) is 0.333. The highest BCUT2D eigenvalue weighted by Gasteiger charge is 2.33. The van der Waals surface area contributed by atoms with Crippen molar-refractivity contribution in [2.45, 2.75) is 40.0 Å². The van der Waals surface area contributed by atoms with E-state index in [2.05, 4.69) is 32.0 Å². The molecule has 2 aromatic carbocycles. The predicted octanol–water partition coefficient (Wildman–Crippen LogP) is 8.23. The van der Waals surface area contributed by atoms with Gasteiger partial charge in [0.2, 0.25) is 0 Å². The lowest BCUT2D eigenvalue weighted by Crippen LogP contribution is -2.27. The molecule has 1 atom stereocenters. The van der Waals surface area contributed by atoms with Gasteiger partial charge in [0.05, 0.1) is 17.7 Å². The summed E-state index contributed by atoms with van der Waals surface area (Å²) in [5, 5.41) is 4.65. The van der Waals surface area contributed by atoms with E-state index in [0.29, 0.717) is 49.3 Å². The van der Waals surface area contributed by atoms with Crippen LogP contribution in [0.15, 0.2) is 41.4 Å². The summed E-state index contributed by atoms with van der Waals surface area (Å²) in [6.07, 6.45) is 9.81. The van der Waals surface area contributed by atoms with Crippen molar-refractivity contribution in [1.82, 2.24) is 0 Å². The first-order valence-corrected chi connectivity index (χ1v) is 13.9. The van der Waals surface area contributed by atoms with Gasteiger partial charge in [-0.15, -0.1) is 17.8 Å². The number of terminal acetylenes is 1. The Hall–Kier alpha value is -2.98. The van der Waals surface area contributed by atoms with Crippen LogP contribution >= 0.6 is 34.5 Å². The highest BCUT2D eigenvalue weighted by atomic mass is 35.5. The van der Waals surface area contributed by atoms with E-state index in [0.717, 1.165) is 24.8 Å². The number of carbonyl (C=O) groups is 1. The van der Waals surface area contributed by atoms with Gasteiger partial charge < -0.3 is 14.8 Å². The number of benzene rings is 2. The van der Waals surface area contributed by atoms with Crippen LogP contribution in [0.4, 0.5) is 10.7 Å². The van der Waals surface area contributed by atoms with Crippen molar-refractivity contribution in [2.75, 3.05) is 19.0 Å². The van der Waals surface area contributed by atoms with Crippen molar-refractivity contribution < 1.29 is 14.3 Å². The van der Waals surface area contributed by atoms with E-state index in [4.69, 9.17) is 44.1 Å². The third-order valence-corrected chi connectivity index (χ3v) is 8.38. The number of amides is 1. The Labute approximate surface area is 238 Å². The second-order valence-corrected chi connectivity index (χ2v) is 12.2. The van der Waals surface area contributed by atoms with Crippen molar-refractivity contribution in [3.63, 3.8) is 0 Å². The van der Waals surface area contributed by atoms with Gasteiger partial charge in [-0.25, -0.2) is 4.99 Å². The van der Waals surface area contributed by atoms with Gasteiger partial charge in [-0.3, -0.25) is 4.79 Å². The molecule has 0 saturated carbocycles. The Bertz CT molecular complexity index is 1400. The van der Waals surface area contributed by atoms with Crippen LogP contribution in [0, 0.1) is 23.7 Å². The predicted molar refractivity (Wildman–Crippen MR) is 158 cm³/mol. The van der Waals surface area contributed by atoms with Crippen LogP contribution in [0.5, 0.6) is 11.5 Å². The van der Waals surface area contributed by atoms with E-state index in [1.165, 1.54) is 12.0 Å². The molecular weight excluding hydrogens is 539 g/mol. The Morgan fingerprint density at radius 3 is 2.66 bits per heavy atom. The standard InChI is InChI=1S/C30H30Cl2N2O3S/c1-6-13-37-27-23(32)14-18(15-24(27)36-5)17-33-29-26(28(35)34-21-10-8-20(31)9-11-21)22-12-7-19(30(2,3)4)16-25(22)38-29/h1,8-11,14-15,17,19H,7,12-13,16H2,2-5H3,(H,34,35)/t19-/m0/s1. The number of nitrogens with one attached hydrogen (secondary N) is 1. The normalized spacial score (nSPS) is 15.1. The molecule has 198 valence electrons. The first-order valence-electron chi connectivity index (χ1n) is 12.3. The van der Waals surface area contributed by atoms with E-state index >= 15 is 0 Å². The summed E-state index contributed by atoms with van der Waals surface area (Å²) in [5.41, 5.74) is 3.28. The number of halogens is 2. The summed E-state index contributed by atoms with van der Waals surface area (Å²) in [7, 11) is 1.54. The topological polar surface area (TPSA) is 59.9 Å². The smallest absolute Gasteiger partial charge is 0.259 e. The fourth-order valence-corrected chi connectivity index (χ4v) is 6.23. The molecule has 1 aliphatic carbocycles. The van der Waals surface area contributed by atoms with E-state index < -0.39 is 0 Å². The van der Waals surface area contributed by atoms with Crippen LogP contribution in [-0.2, 0) is 12.8 Å². The number of rotatable bonds is 7. The third-order valence-electron chi connectivity index (χ3n) is 6.68. The lowest BCUT2D eigenvalue weighted by Gasteiger charge is -2.33. The molecule has 0 saturated heterocycles. The highest BCUT2D eigenvalue weighted by Crippen LogP contribution is 2.45. The Kier molecular flexibility index (Phi) is 8.72. The van der Waals surface area contributed by atoms with Crippen LogP contribution in [-0.4, -0.2) is 25.8 Å². The van der Waals surface area contributed by atoms with Gasteiger partial charge in [0.1, 0.15) is 11.6 Å². The third kappa shape index (κ3) is 6.35. The quantitative estimate of drug-likeness (QED) is 0.230. The number of carbonyl (C=O) groups excluding carboxylic acids is 1.